The normalized spacial score (nSPS) is 22.6. The lowest BCUT2D eigenvalue weighted by Gasteiger charge is -2.37. The van der Waals surface area contributed by atoms with Crippen LogP contribution in [-0.2, 0) is 4.74 Å². The number of carbonyl (C=O) groups is 3. The number of ether oxygens (including phenoxy) is 1. The van der Waals surface area contributed by atoms with Gasteiger partial charge in [0.15, 0.2) is 5.78 Å². The van der Waals surface area contributed by atoms with Gasteiger partial charge in [0.1, 0.15) is 11.7 Å². The predicted molar refractivity (Wildman–Crippen MR) is 151 cm³/mol. The van der Waals surface area contributed by atoms with E-state index in [0.717, 1.165) is 42.8 Å². The molecule has 2 aromatic rings. The van der Waals surface area contributed by atoms with Crippen molar-refractivity contribution in [1.29, 1.82) is 0 Å². The number of likely N-dealkylation sites (tertiary alicyclic amines) is 1. The Labute approximate surface area is 236 Å². The molecular formula is C28H33N7O4S. The number of hydrazine groups is 1. The molecule has 12 heteroatoms. The number of morpholine rings is 1. The molecule has 4 heterocycles. The molecule has 1 aromatic carbocycles. The summed E-state index contributed by atoms with van der Waals surface area (Å²) in [5.41, 5.74) is 5.39. The average Bonchev–Trinajstić information content (AvgIpc) is 3.66. The van der Waals surface area contributed by atoms with E-state index in [1.165, 1.54) is 11.3 Å². The van der Waals surface area contributed by atoms with Gasteiger partial charge < -0.3 is 19.9 Å². The molecule has 40 heavy (non-hydrogen) atoms. The molecule has 4 aliphatic rings. The van der Waals surface area contributed by atoms with Crippen molar-refractivity contribution in [2.24, 2.45) is 10.2 Å². The highest BCUT2D eigenvalue weighted by atomic mass is 32.1. The monoisotopic (exact) mass is 563 g/mol. The summed E-state index contributed by atoms with van der Waals surface area (Å²) in [5.74, 6) is -0.177. The second kappa shape index (κ2) is 11.2. The Balaban J connectivity index is 1.22. The minimum atomic E-state index is -0.519. The van der Waals surface area contributed by atoms with Crippen molar-refractivity contribution in [3.05, 3.63) is 56.8 Å². The number of urea groups is 1. The zero-order valence-electron chi connectivity index (χ0n) is 22.7. The number of Topliss-reactive ketones (excluding diaryl/α,β-unsaturated/α-hetero) is 1. The third-order valence-electron chi connectivity index (χ3n) is 7.70. The van der Waals surface area contributed by atoms with Crippen LogP contribution in [0.4, 0.5) is 10.5 Å². The highest BCUT2D eigenvalue weighted by Crippen LogP contribution is 2.49. The maximum Gasteiger partial charge on any atom is 0.333 e. The van der Waals surface area contributed by atoms with Crippen molar-refractivity contribution in [3.63, 3.8) is 0 Å². The lowest BCUT2D eigenvalue weighted by Crippen LogP contribution is -2.49. The van der Waals surface area contributed by atoms with Gasteiger partial charge >= 0.3 is 6.03 Å². The number of likely N-dealkylation sites (N-methyl/N-ethyl adjacent to an activating group) is 1. The summed E-state index contributed by atoms with van der Waals surface area (Å²) in [4.78, 5) is 45.4. The number of hydrogen-bond acceptors (Lipinski definition) is 9. The molecule has 2 fully saturated rings. The van der Waals surface area contributed by atoms with E-state index < -0.39 is 12.1 Å². The second-order valence-corrected chi connectivity index (χ2v) is 11.8. The van der Waals surface area contributed by atoms with Gasteiger partial charge in [-0.2, -0.15) is 10.2 Å². The van der Waals surface area contributed by atoms with Gasteiger partial charge in [0.25, 0.3) is 5.91 Å². The van der Waals surface area contributed by atoms with Crippen LogP contribution in [0.25, 0.3) is 5.70 Å². The molecule has 210 valence electrons. The first kappa shape index (κ1) is 26.8. The first-order valence-electron chi connectivity index (χ1n) is 13.7. The van der Waals surface area contributed by atoms with E-state index in [1.54, 1.807) is 17.1 Å². The van der Waals surface area contributed by atoms with E-state index in [1.807, 2.05) is 37.2 Å². The lowest BCUT2D eigenvalue weighted by atomic mass is 10.0. The average molecular weight is 564 g/mol. The Morgan fingerprint density at radius 1 is 1.12 bits per heavy atom. The number of ketones is 1. The number of carbonyl (C=O) groups excluding carboxylic acids is 3. The van der Waals surface area contributed by atoms with Gasteiger partial charge in [0.2, 0.25) is 0 Å². The van der Waals surface area contributed by atoms with E-state index in [2.05, 4.69) is 25.9 Å². The van der Waals surface area contributed by atoms with Crippen LogP contribution in [0.2, 0.25) is 0 Å². The molecular weight excluding hydrogens is 530 g/mol. The zero-order chi connectivity index (χ0) is 27.8. The molecule has 6 rings (SSSR count). The number of amides is 3. The van der Waals surface area contributed by atoms with Crippen molar-refractivity contribution >= 4 is 40.4 Å². The second-order valence-electron chi connectivity index (χ2n) is 10.7. The molecule has 0 spiro atoms. The number of piperidine rings is 1. The summed E-state index contributed by atoms with van der Waals surface area (Å²) in [5, 5.41) is 13.5. The van der Waals surface area contributed by atoms with Crippen molar-refractivity contribution in [3.8, 4) is 0 Å². The van der Waals surface area contributed by atoms with Crippen molar-refractivity contribution in [1.82, 2.24) is 20.2 Å². The predicted octanol–water partition coefficient (Wildman–Crippen LogP) is 3.79. The fourth-order valence-corrected chi connectivity index (χ4v) is 6.81. The first-order valence-corrected chi connectivity index (χ1v) is 14.5. The standard InChI is InChI=1S/C28H33N7O4S/c1-33(2)16-17-6-3-4-11-35(17)27(37)21-10-9-20(40-21)25-23-24(30-31-25)18-7-5-8-19(22(18)26(23)36)29-28(38)32-34-12-14-39-15-13-34/h5,7-10,17,24H,3-4,6,11-16H2,1-2H3,(H2,29,32,38). The number of nitrogens with zero attached hydrogens (tertiary/aromatic N) is 5. The summed E-state index contributed by atoms with van der Waals surface area (Å²) < 4.78 is 5.32. The maximum absolute atomic E-state index is 13.7. The lowest BCUT2D eigenvalue weighted by molar-refractivity contribution is 0.0207. The number of benzene rings is 1. The number of fused-ring (bicyclic) bond motifs is 3. The molecule has 11 nitrogen and oxygen atoms in total. The Kier molecular flexibility index (Phi) is 7.49. The van der Waals surface area contributed by atoms with Crippen molar-refractivity contribution < 1.29 is 19.1 Å². The molecule has 2 saturated heterocycles. The third kappa shape index (κ3) is 5.07. The molecule has 3 amide bonds. The summed E-state index contributed by atoms with van der Waals surface area (Å²) in [6.45, 7) is 3.88. The number of rotatable bonds is 6. The maximum atomic E-state index is 13.7. The largest absolute Gasteiger partial charge is 0.379 e. The van der Waals surface area contributed by atoms with E-state index in [-0.39, 0.29) is 17.7 Å². The summed E-state index contributed by atoms with van der Waals surface area (Å²) >= 11 is 1.35. The molecule has 1 aromatic heterocycles. The molecule has 2 atom stereocenters. The van der Waals surface area contributed by atoms with Gasteiger partial charge in [-0.25, -0.2) is 9.80 Å². The zero-order valence-corrected chi connectivity index (χ0v) is 23.5. The summed E-state index contributed by atoms with van der Waals surface area (Å²) in [6.07, 6.45) is 3.14. The van der Waals surface area contributed by atoms with E-state index in [0.29, 0.717) is 53.7 Å². The fraction of sp³-hybridized carbons (Fsp3) is 0.464. The van der Waals surface area contributed by atoms with Gasteiger partial charge in [-0.05, 0) is 57.1 Å². The van der Waals surface area contributed by atoms with Crippen molar-refractivity contribution in [2.75, 3.05) is 58.8 Å². The molecule has 0 saturated carbocycles. The Morgan fingerprint density at radius 3 is 2.75 bits per heavy atom. The van der Waals surface area contributed by atoms with Gasteiger partial charge in [-0.3, -0.25) is 15.0 Å². The Morgan fingerprint density at radius 2 is 1.95 bits per heavy atom. The number of hydrogen-bond donors (Lipinski definition) is 2. The summed E-state index contributed by atoms with van der Waals surface area (Å²) in [6, 6.07) is 8.32. The van der Waals surface area contributed by atoms with E-state index >= 15 is 0 Å². The first-order chi connectivity index (χ1) is 19.4. The van der Waals surface area contributed by atoms with Crippen LogP contribution >= 0.6 is 11.3 Å². The van der Waals surface area contributed by atoms with Crippen LogP contribution in [0.3, 0.4) is 0 Å². The molecule has 3 aliphatic heterocycles. The smallest absolute Gasteiger partial charge is 0.333 e. The van der Waals surface area contributed by atoms with Crippen LogP contribution in [0.5, 0.6) is 0 Å². The molecule has 2 N–H and O–H groups in total. The van der Waals surface area contributed by atoms with Crippen LogP contribution in [0, 0.1) is 0 Å². The molecule has 0 bridgehead atoms. The fourth-order valence-electron chi connectivity index (χ4n) is 5.85. The quantitative estimate of drug-likeness (QED) is 0.552. The van der Waals surface area contributed by atoms with Crippen LogP contribution in [0.15, 0.2) is 46.1 Å². The highest BCUT2D eigenvalue weighted by Gasteiger charge is 2.43. The van der Waals surface area contributed by atoms with Gasteiger partial charge in [-0.15, -0.1) is 11.3 Å². The van der Waals surface area contributed by atoms with Crippen molar-refractivity contribution in [2.45, 2.75) is 31.3 Å². The van der Waals surface area contributed by atoms with Gasteiger partial charge in [0.05, 0.1) is 39.8 Å². The molecule has 0 radical (unpaired) electrons. The van der Waals surface area contributed by atoms with Crippen LogP contribution in [-0.4, -0.2) is 92.1 Å². The third-order valence-corrected chi connectivity index (χ3v) is 8.78. The Bertz CT molecular complexity index is 1390. The highest BCUT2D eigenvalue weighted by molar-refractivity contribution is 7.15. The van der Waals surface area contributed by atoms with Crippen LogP contribution < -0.4 is 10.7 Å². The van der Waals surface area contributed by atoms with Crippen LogP contribution in [0.1, 0.15) is 55.8 Å². The van der Waals surface area contributed by atoms with E-state index in [4.69, 9.17) is 4.74 Å². The summed E-state index contributed by atoms with van der Waals surface area (Å²) in [7, 11) is 4.06. The SMILES string of the molecule is CN(C)CC1CCCCN1C(=O)c1ccc(C2=C3C(=O)c4c(NC(=O)NN5CCOCC5)cccc4C3N=N2)s1. The minimum absolute atomic E-state index is 0.0266. The number of thiophene rings is 1. The minimum Gasteiger partial charge on any atom is -0.379 e. The van der Waals surface area contributed by atoms with Gasteiger partial charge in [-0.1, -0.05) is 12.1 Å². The molecule has 1 aliphatic carbocycles. The number of nitrogens with one attached hydrogen (secondary N) is 2. The number of azo groups is 1. The van der Waals surface area contributed by atoms with E-state index in [9.17, 15) is 14.4 Å². The Hall–Kier alpha value is -3.45. The molecule has 2 unspecified atom stereocenters. The van der Waals surface area contributed by atoms with Gasteiger partial charge in [0, 0.05) is 32.2 Å². The topological polar surface area (TPSA) is 119 Å². The number of anilines is 1.